The van der Waals surface area contributed by atoms with Crippen molar-refractivity contribution in [3.05, 3.63) is 34.6 Å². The van der Waals surface area contributed by atoms with Gasteiger partial charge in [-0.2, -0.15) is 0 Å². The van der Waals surface area contributed by atoms with Crippen LogP contribution < -0.4 is 5.73 Å². The van der Waals surface area contributed by atoms with E-state index in [2.05, 4.69) is 23.6 Å². The van der Waals surface area contributed by atoms with E-state index < -0.39 is 0 Å². The Labute approximate surface area is 132 Å². The molecule has 0 aliphatic heterocycles. The highest BCUT2D eigenvalue weighted by atomic mass is 35.5. The van der Waals surface area contributed by atoms with Crippen LogP contribution in [0.1, 0.15) is 25.5 Å². The maximum atomic E-state index is 14.3. The fraction of sp³-hybridized carbons (Fsp3) is 0.625. The summed E-state index contributed by atoms with van der Waals surface area (Å²) in [7, 11) is 4.07. The lowest BCUT2D eigenvalue weighted by atomic mass is 10.0. The molecule has 0 fully saturated rings. The van der Waals surface area contributed by atoms with E-state index in [4.69, 9.17) is 17.3 Å². The van der Waals surface area contributed by atoms with E-state index in [-0.39, 0.29) is 16.9 Å². The van der Waals surface area contributed by atoms with Crippen molar-refractivity contribution in [2.45, 2.75) is 19.9 Å². The molecule has 21 heavy (non-hydrogen) atoms. The minimum atomic E-state index is -0.353. The second-order valence-electron chi connectivity index (χ2n) is 6.09. The summed E-state index contributed by atoms with van der Waals surface area (Å²) in [5.74, 6) is 0.136. The zero-order valence-corrected chi connectivity index (χ0v) is 14.2. The van der Waals surface area contributed by atoms with Gasteiger partial charge >= 0.3 is 0 Å². The molecule has 1 unspecified atom stereocenters. The molecule has 1 atom stereocenters. The number of rotatable bonds is 8. The molecular weight excluding hydrogens is 289 g/mol. The van der Waals surface area contributed by atoms with Crippen LogP contribution in [-0.4, -0.2) is 50.1 Å². The van der Waals surface area contributed by atoms with Crippen molar-refractivity contribution in [2.75, 3.05) is 40.3 Å². The third kappa shape index (κ3) is 5.55. The first-order valence-electron chi connectivity index (χ1n) is 7.39. The number of hydrogen-bond donors (Lipinski definition) is 1. The molecule has 120 valence electrons. The van der Waals surface area contributed by atoms with Gasteiger partial charge in [-0.05, 0) is 26.1 Å². The lowest BCUT2D eigenvalue weighted by molar-refractivity contribution is 0.161. The highest BCUT2D eigenvalue weighted by Gasteiger charge is 2.23. The fourth-order valence-corrected chi connectivity index (χ4v) is 2.60. The van der Waals surface area contributed by atoms with Crippen LogP contribution >= 0.6 is 11.6 Å². The molecule has 0 aliphatic carbocycles. The normalized spacial score (nSPS) is 13.4. The molecule has 3 nitrogen and oxygen atoms in total. The summed E-state index contributed by atoms with van der Waals surface area (Å²) in [4.78, 5) is 4.37. The summed E-state index contributed by atoms with van der Waals surface area (Å²) >= 11 is 5.91. The highest BCUT2D eigenvalue weighted by molar-refractivity contribution is 6.30. The molecule has 0 aliphatic rings. The van der Waals surface area contributed by atoms with Gasteiger partial charge in [0.2, 0.25) is 0 Å². The molecule has 0 radical (unpaired) electrons. The zero-order chi connectivity index (χ0) is 16.0. The van der Waals surface area contributed by atoms with Gasteiger partial charge in [0, 0.05) is 31.7 Å². The van der Waals surface area contributed by atoms with Gasteiger partial charge in [-0.1, -0.05) is 37.6 Å². The number of halogens is 2. The average Bonchev–Trinajstić information content (AvgIpc) is 2.40. The van der Waals surface area contributed by atoms with Crippen LogP contribution in [0.15, 0.2) is 18.2 Å². The Kier molecular flexibility index (Phi) is 7.60. The average molecular weight is 316 g/mol. The topological polar surface area (TPSA) is 32.5 Å². The van der Waals surface area contributed by atoms with Crippen molar-refractivity contribution in [3.8, 4) is 0 Å². The van der Waals surface area contributed by atoms with Gasteiger partial charge in [0.1, 0.15) is 5.82 Å². The van der Waals surface area contributed by atoms with E-state index >= 15 is 0 Å². The monoisotopic (exact) mass is 315 g/mol. The highest BCUT2D eigenvalue weighted by Crippen LogP contribution is 2.27. The van der Waals surface area contributed by atoms with Crippen LogP contribution in [0.3, 0.4) is 0 Å². The molecule has 0 heterocycles. The Morgan fingerprint density at radius 1 is 1.24 bits per heavy atom. The third-order valence-electron chi connectivity index (χ3n) is 3.44. The lowest BCUT2D eigenvalue weighted by Gasteiger charge is -2.33. The summed E-state index contributed by atoms with van der Waals surface area (Å²) in [5.41, 5.74) is 6.53. The van der Waals surface area contributed by atoms with E-state index in [1.165, 1.54) is 0 Å². The van der Waals surface area contributed by atoms with Gasteiger partial charge in [-0.15, -0.1) is 0 Å². The molecule has 2 N–H and O–H groups in total. The standard InChI is InChI=1S/C16H27ClFN3/c1-12(2)11-21(9-8-20(3)4)15(10-19)13-6-5-7-14(17)16(13)18/h5-7,12,15H,8-11,19H2,1-4H3. The largest absolute Gasteiger partial charge is 0.329 e. The lowest BCUT2D eigenvalue weighted by Crippen LogP contribution is -2.40. The smallest absolute Gasteiger partial charge is 0.146 e. The summed E-state index contributed by atoms with van der Waals surface area (Å²) in [6, 6.07) is 4.98. The fourth-order valence-electron chi connectivity index (χ4n) is 2.42. The molecule has 5 heteroatoms. The number of likely N-dealkylation sites (N-methyl/N-ethyl adjacent to an activating group) is 1. The second kappa shape index (κ2) is 8.69. The van der Waals surface area contributed by atoms with Crippen molar-refractivity contribution in [1.29, 1.82) is 0 Å². The summed E-state index contributed by atoms with van der Waals surface area (Å²) in [6.07, 6.45) is 0. The zero-order valence-electron chi connectivity index (χ0n) is 13.4. The van der Waals surface area contributed by atoms with Crippen LogP contribution in [-0.2, 0) is 0 Å². The van der Waals surface area contributed by atoms with E-state index in [0.29, 0.717) is 18.0 Å². The van der Waals surface area contributed by atoms with Crippen LogP contribution in [0.4, 0.5) is 4.39 Å². The first-order chi connectivity index (χ1) is 9.86. The van der Waals surface area contributed by atoms with Crippen molar-refractivity contribution in [1.82, 2.24) is 9.80 Å². The molecular formula is C16H27ClFN3. The van der Waals surface area contributed by atoms with Gasteiger partial charge in [0.25, 0.3) is 0 Å². The maximum Gasteiger partial charge on any atom is 0.146 e. The Hall–Kier alpha value is -0.680. The van der Waals surface area contributed by atoms with Crippen molar-refractivity contribution in [2.24, 2.45) is 11.7 Å². The Bertz CT molecular complexity index is 438. The first kappa shape index (κ1) is 18.4. The van der Waals surface area contributed by atoms with Crippen LogP contribution in [0.25, 0.3) is 0 Å². The third-order valence-corrected chi connectivity index (χ3v) is 3.73. The van der Waals surface area contributed by atoms with Crippen molar-refractivity contribution < 1.29 is 4.39 Å². The van der Waals surface area contributed by atoms with Crippen LogP contribution in [0.2, 0.25) is 5.02 Å². The van der Waals surface area contributed by atoms with E-state index in [9.17, 15) is 4.39 Å². The van der Waals surface area contributed by atoms with E-state index in [1.807, 2.05) is 14.1 Å². The second-order valence-corrected chi connectivity index (χ2v) is 6.49. The van der Waals surface area contributed by atoms with Gasteiger partial charge in [0.15, 0.2) is 0 Å². The van der Waals surface area contributed by atoms with E-state index in [0.717, 1.165) is 19.6 Å². The molecule has 0 spiro atoms. The summed E-state index contributed by atoms with van der Waals surface area (Å²) in [6.45, 7) is 7.32. The Morgan fingerprint density at radius 2 is 1.90 bits per heavy atom. The van der Waals surface area contributed by atoms with Crippen LogP contribution in [0, 0.1) is 11.7 Å². The summed E-state index contributed by atoms with van der Waals surface area (Å²) in [5, 5.41) is 0.156. The first-order valence-corrected chi connectivity index (χ1v) is 7.77. The van der Waals surface area contributed by atoms with Gasteiger partial charge in [0.05, 0.1) is 11.1 Å². The number of benzene rings is 1. The van der Waals surface area contributed by atoms with E-state index in [1.54, 1.807) is 18.2 Å². The number of nitrogens with zero attached hydrogens (tertiary/aromatic N) is 2. The molecule has 1 rings (SSSR count). The van der Waals surface area contributed by atoms with Crippen LogP contribution in [0.5, 0.6) is 0 Å². The molecule has 1 aromatic carbocycles. The molecule has 0 aromatic heterocycles. The predicted molar refractivity (Wildman–Crippen MR) is 88.2 cm³/mol. The predicted octanol–water partition coefficient (Wildman–Crippen LogP) is 3.00. The van der Waals surface area contributed by atoms with Crippen molar-refractivity contribution >= 4 is 11.6 Å². The SMILES string of the molecule is CC(C)CN(CCN(C)C)C(CN)c1cccc(Cl)c1F. The number of hydrogen-bond acceptors (Lipinski definition) is 3. The number of nitrogens with two attached hydrogens (primary N) is 1. The molecule has 1 aromatic rings. The van der Waals surface area contributed by atoms with Gasteiger partial charge in [-0.3, -0.25) is 4.90 Å². The molecule has 0 bridgehead atoms. The Balaban J connectivity index is 3.01. The minimum absolute atomic E-state index is 0.147. The summed E-state index contributed by atoms with van der Waals surface area (Å²) < 4.78 is 14.3. The Morgan fingerprint density at radius 3 is 2.43 bits per heavy atom. The van der Waals surface area contributed by atoms with Gasteiger partial charge in [-0.25, -0.2) is 4.39 Å². The molecule has 0 amide bonds. The minimum Gasteiger partial charge on any atom is -0.329 e. The maximum absolute atomic E-state index is 14.3. The molecule has 0 saturated carbocycles. The quantitative estimate of drug-likeness (QED) is 0.800. The van der Waals surface area contributed by atoms with Crippen molar-refractivity contribution in [3.63, 3.8) is 0 Å². The van der Waals surface area contributed by atoms with Gasteiger partial charge < -0.3 is 10.6 Å². The molecule has 0 saturated heterocycles.